The molecule has 0 aromatic carbocycles. The molecule has 2 atom stereocenters. The smallest absolute Gasteiger partial charge is 0.213 e. The standard InChI is InChI=1S/C18H25N5O2/c1-13-7-17(21-12-20-13)23-11-16(24-2)8-15(23)10-19-9-14-5-4-6-18(22-14)25-3/h4-7,12,15-16,19H,8-11H2,1-3H3/t15-,16-/m0/s1. The van der Waals surface area contributed by atoms with Gasteiger partial charge in [-0.2, -0.15) is 0 Å². The van der Waals surface area contributed by atoms with Gasteiger partial charge in [0.25, 0.3) is 0 Å². The summed E-state index contributed by atoms with van der Waals surface area (Å²) in [5.74, 6) is 1.59. The van der Waals surface area contributed by atoms with Gasteiger partial charge in [-0.15, -0.1) is 0 Å². The molecular weight excluding hydrogens is 318 g/mol. The van der Waals surface area contributed by atoms with Crippen LogP contribution in [-0.4, -0.2) is 54.4 Å². The quantitative estimate of drug-likeness (QED) is 0.818. The van der Waals surface area contributed by atoms with Gasteiger partial charge < -0.3 is 19.7 Å². The first-order valence-corrected chi connectivity index (χ1v) is 8.48. The van der Waals surface area contributed by atoms with E-state index in [0.29, 0.717) is 18.5 Å². The zero-order chi connectivity index (χ0) is 17.6. The van der Waals surface area contributed by atoms with Gasteiger partial charge in [0.15, 0.2) is 0 Å². The fraction of sp³-hybridized carbons (Fsp3) is 0.500. The maximum absolute atomic E-state index is 5.58. The molecule has 134 valence electrons. The number of anilines is 1. The average Bonchev–Trinajstić information content (AvgIpc) is 3.05. The minimum Gasteiger partial charge on any atom is -0.481 e. The van der Waals surface area contributed by atoms with E-state index in [1.807, 2.05) is 31.2 Å². The topological polar surface area (TPSA) is 72.4 Å². The van der Waals surface area contributed by atoms with E-state index in [0.717, 1.165) is 36.7 Å². The third-order valence-electron chi connectivity index (χ3n) is 4.47. The van der Waals surface area contributed by atoms with Crippen molar-refractivity contribution in [1.29, 1.82) is 0 Å². The summed E-state index contributed by atoms with van der Waals surface area (Å²) < 4.78 is 10.7. The molecule has 1 aliphatic heterocycles. The van der Waals surface area contributed by atoms with Crippen LogP contribution in [0.25, 0.3) is 0 Å². The highest BCUT2D eigenvalue weighted by atomic mass is 16.5. The second kappa shape index (κ2) is 8.22. The summed E-state index contributed by atoms with van der Waals surface area (Å²) in [5, 5.41) is 3.50. The van der Waals surface area contributed by atoms with E-state index in [1.165, 1.54) is 0 Å². The van der Waals surface area contributed by atoms with Crippen LogP contribution in [0, 0.1) is 6.92 Å². The Morgan fingerprint density at radius 2 is 2.16 bits per heavy atom. The van der Waals surface area contributed by atoms with Crippen molar-refractivity contribution in [1.82, 2.24) is 20.3 Å². The van der Waals surface area contributed by atoms with E-state index in [4.69, 9.17) is 9.47 Å². The molecule has 0 aliphatic carbocycles. The molecule has 2 aromatic heterocycles. The lowest BCUT2D eigenvalue weighted by Crippen LogP contribution is -2.38. The highest BCUT2D eigenvalue weighted by molar-refractivity contribution is 5.42. The summed E-state index contributed by atoms with van der Waals surface area (Å²) in [7, 11) is 3.40. The number of methoxy groups -OCH3 is 2. The third kappa shape index (κ3) is 4.43. The second-order valence-corrected chi connectivity index (χ2v) is 6.22. The molecule has 3 heterocycles. The maximum Gasteiger partial charge on any atom is 0.213 e. The van der Waals surface area contributed by atoms with E-state index in [-0.39, 0.29) is 6.10 Å². The van der Waals surface area contributed by atoms with E-state index in [2.05, 4.69) is 25.2 Å². The Kier molecular flexibility index (Phi) is 5.78. The lowest BCUT2D eigenvalue weighted by atomic mass is 10.2. The normalized spacial score (nSPS) is 20.0. The molecule has 0 saturated carbocycles. The van der Waals surface area contributed by atoms with Gasteiger partial charge in [0.05, 0.1) is 18.9 Å². The zero-order valence-electron chi connectivity index (χ0n) is 15.0. The minimum absolute atomic E-state index is 0.219. The fourth-order valence-electron chi connectivity index (χ4n) is 3.15. The molecule has 0 radical (unpaired) electrons. The SMILES string of the molecule is COc1cccc(CNC[C@@H]2C[C@H](OC)CN2c2cc(C)ncn2)n1. The van der Waals surface area contributed by atoms with E-state index < -0.39 is 0 Å². The predicted molar refractivity (Wildman–Crippen MR) is 95.8 cm³/mol. The van der Waals surface area contributed by atoms with Crippen molar-refractivity contribution in [3.8, 4) is 5.88 Å². The molecule has 25 heavy (non-hydrogen) atoms. The molecule has 7 nitrogen and oxygen atoms in total. The maximum atomic E-state index is 5.58. The fourth-order valence-corrected chi connectivity index (χ4v) is 3.15. The molecule has 1 aliphatic rings. The lowest BCUT2D eigenvalue weighted by Gasteiger charge is -2.25. The van der Waals surface area contributed by atoms with Gasteiger partial charge in [-0.05, 0) is 19.4 Å². The zero-order valence-corrected chi connectivity index (χ0v) is 15.0. The molecule has 1 N–H and O–H groups in total. The molecule has 0 amide bonds. The Morgan fingerprint density at radius 1 is 1.28 bits per heavy atom. The van der Waals surface area contributed by atoms with Crippen LogP contribution >= 0.6 is 0 Å². The van der Waals surface area contributed by atoms with Gasteiger partial charge in [0.1, 0.15) is 12.1 Å². The molecule has 1 fully saturated rings. The number of aryl methyl sites for hydroxylation is 1. The Morgan fingerprint density at radius 3 is 2.92 bits per heavy atom. The summed E-state index contributed by atoms with van der Waals surface area (Å²) in [6.07, 6.45) is 2.81. The number of aromatic nitrogens is 3. The van der Waals surface area contributed by atoms with Crippen LogP contribution in [-0.2, 0) is 11.3 Å². The lowest BCUT2D eigenvalue weighted by molar-refractivity contribution is 0.118. The van der Waals surface area contributed by atoms with Crippen molar-refractivity contribution in [2.45, 2.75) is 32.0 Å². The van der Waals surface area contributed by atoms with Crippen LogP contribution < -0.4 is 15.0 Å². The molecule has 0 unspecified atom stereocenters. The summed E-state index contributed by atoms with van der Waals surface area (Å²) in [4.78, 5) is 15.4. The average molecular weight is 343 g/mol. The molecule has 7 heteroatoms. The first-order valence-electron chi connectivity index (χ1n) is 8.48. The second-order valence-electron chi connectivity index (χ2n) is 6.22. The number of hydrogen-bond acceptors (Lipinski definition) is 7. The van der Waals surface area contributed by atoms with Crippen molar-refractivity contribution in [3.63, 3.8) is 0 Å². The van der Waals surface area contributed by atoms with Crippen LogP contribution in [0.1, 0.15) is 17.8 Å². The van der Waals surface area contributed by atoms with Crippen LogP contribution in [0.2, 0.25) is 0 Å². The van der Waals surface area contributed by atoms with Gasteiger partial charge in [-0.25, -0.2) is 15.0 Å². The van der Waals surface area contributed by atoms with Gasteiger partial charge in [-0.3, -0.25) is 0 Å². The van der Waals surface area contributed by atoms with Crippen LogP contribution in [0.5, 0.6) is 5.88 Å². The van der Waals surface area contributed by atoms with Gasteiger partial charge >= 0.3 is 0 Å². The van der Waals surface area contributed by atoms with Crippen molar-refractivity contribution >= 4 is 5.82 Å². The summed E-state index contributed by atoms with van der Waals surface area (Å²) in [6, 6.07) is 8.14. The summed E-state index contributed by atoms with van der Waals surface area (Å²) in [5.41, 5.74) is 1.93. The van der Waals surface area contributed by atoms with Gasteiger partial charge in [-0.1, -0.05) is 6.07 Å². The first-order chi connectivity index (χ1) is 12.2. The number of nitrogens with zero attached hydrogens (tertiary/aromatic N) is 4. The third-order valence-corrected chi connectivity index (χ3v) is 4.47. The molecule has 1 saturated heterocycles. The largest absolute Gasteiger partial charge is 0.481 e. The van der Waals surface area contributed by atoms with Crippen LogP contribution in [0.4, 0.5) is 5.82 Å². The molecular formula is C18H25N5O2. The monoisotopic (exact) mass is 343 g/mol. The molecule has 0 spiro atoms. The number of pyridine rings is 1. The number of ether oxygens (including phenoxy) is 2. The number of hydrogen-bond donors (Lipinski definition) is 1. The highest BCUT2D eigenvalue weighted by Gasteiger charge is 2.32. The van der Waals surface area contributed by atoms with E-state index >= 15 is 0 Å². The molecule has 3 rings (SSSR count). The Hall–Kier alpha value is -2.25. The van der Waals surface area contributed by atoms with Crippen molar-refractivity contribution in [2.75, 3.05) is 32.2 Å². The summed E-state index contributed by atoms with van der Waals surface area (Å²) in [6.45, 7) is 4.36. The molecule has 0 bridgehead atoms. The van der Waals surface area contributed by atoms with Gasteiger partial charge in [0.2, 0.25) is 5.88 Å². The highest BCUT2D eigenvalue weighted by Crippen LogP contribution is 2.25. The predicted octanol–water partition coefficient (Wildman–Crippen LogP) is 1.57. The Bertz CT molecular complexity index is 697. The van der Waals surface area contributed by atoms with E-state index in [9.17, 15) is 0 Å². The Balaban J connectivity index is 1.62. The van der Waals surface area contributed by atoms with Crippen LogP contribution in [0.3, 0.4) is 0 Å². The van der Waals surface area contributed by atoms with Crippen molar-refractivity contribution < 1.29 is 9.47 Å². The van der Waals surface area contributed by atoms with E-state index in [1.54, 1.807) is 20.5 Å². The first kappa shape index (κ1) is 17.6. The molecule has 2 aromatic rings. The van der Waals surface area contributed by atoms with Crippen molar-refractivity contribution in [2.24, 2.45) is 0 Å². The Labute approximate surface area is 148 Å². The van der Waals surface area contributed by atoms with Crippen LogP contribution in [0.15, 0.2) is 30.6 Å². The minimum atomic E-state index is 0.219. The van der Waals surface area contributed by atoms with Crippen molar-refractivity contribution in [3.05, 3.63) is 42.0 Å². The van der Waals surface area contributed by atoms with Gasteiger partial charge in [0, 0.05) is 50.6 Å². The summed E-state index contributed by atoms with van der Waals surface area (Å²) >= 11 is 0. The number of rotatable bonds is 7. The number of nitrogens with one attached hydrogen (secondary N) is 1.